The van der Waals surface area contributed by atoms with Gasteiger partial charge in [0.1, 0.15) is 6.61 Å². The summed E-state index contributed by atoms with van der Waals surface area (Å²) in [5.41, 5.74) is 0. The smallest absolute Gasteiger partial charge is 0.108 e. The Labute approximate surface area is 178 Å². The number of hydrogen-bond acceptors (Lipinski definition) is 3. The summed E-state index contributed by atoms with van der Waals surface area (Å²) in [6.45, 7) is 20.2. The van der Waals surface area contributed by atoms with Gasteiger partial charge >= 0.3 is 0 Å². The molecule has 0 aliphatic carbocycles. The second kappa shape index (κ2) is 17.4. The normalized spacial score (nSPS) is 20.3. The third-order valence-corrected chi connectivity index (χ3v) is 6.66. The van der Waals surface area contributed by atoms with E-state index in [2.05, 4.69) is 28.0 Å². The van der Waals surface area contributed by atoms with Gasteiger partial charge in [-0.15, -0.1) is 5.92 Å². The number of hydrogen-bond donors (Lipinski definition) is 0. The van der Waals surface area contributed by atoms with Crippen LogP contribution in [0.1, 0.15) is 80.6 Å². The third-order valence-electron chi connectivity index (χ3n) is 4.98. The van der Waals surface area contributed by atoms with Gasteiger partial charge in [-0.2, -0.15) is 0 Å². The Morgan fingerprint density at radius 2 is 1.54 bits per heavy atom. The Kier molecular flexibility index (Phi) is 17.2. The van der Waals surface area contributed by atoms with Crippen LogP contribution in [0.15, 0.2) is 0 Å². The second-order valence-electron chi connectivity index (χ2n) is 7.22. The van der Waals surface area contributed by atoms with Crippen molar-refractivity contribution in [3.05, 3.63) is 0 Å². The summed E-state index contributed by atoms with van der Waals surface area (Å²) in [5.74, 6) is 6.89. The minimum Gasteiger partial charge on any atom is -0.365 e. The Bertz CT molecular complexity index is 443. The summed E-state index contributed by atoms with van der Waals surface area (Å²) in [7, 11) is -0.798. The van der Waals surface area contributed by atoms with Crippen LogP contribution in [0.3, 0.4) is 0 Å². The maximum absolute atomic E-state index is 12.2. The van der Waals surface area contributed by atoms with Crippen LogP contribution < -0.4 is 0 Å². The Morgan fingerprint density at radius 1 is 0.964 bits per heavy atom. The van der Waals surface area contributed by atoms with Crippen LogP contribution in [0.4, 0.5) is 0 Å². The van der Waals surface area contributed by atoms with Crippen LogP contribution in [-0.2, 0) is 15.7 Å². The largest absolute Gasteiger partial charge is 0.365 e. The molecule has 0 spiro atoms. The molecule has 0 aromatic carbocycles. The average molecular weight is 415 g/mol. The average Bonchev–Trinajstić information content (AvgIpc) is 2.75. The third kappa shape index (κ3) is 11.0. The maximum atomic E-state index is 12.2. The number of likely N-dealkylation sites (tertiary alicyclic amines) is 1. The van der Waals surface area contributed by atoms with Gasteiger partial charge in [0.05, 0.1) is 17.1 Å². The molecule has 0 bridgehead atoms. The molecule has 5 heteroatoms. The fourth-order valence-electron chi connectivity index (χ4n) is 3.53. The lowest BCUT2D eigenvalue weighted by molar-refractivity contribution is 0.0189. The lowest BCUT2D eigenvalue weighted by Crippen LogP contribution is -2.44. The highest BCUT2D eigenvalue weighted by Crippen LogP contribution is 2.23. The maximum Gasteiger partial charge on any atom is 0.108 e. The molecule has 1 unspecified atom stereocenters. The highest BCUT2D eigenvalue weighted by atomic mass is 32.2. The first kappa shape index (κ1) is 27.6. The quantitative estimate of drug-likeness (QED) is 0.590. The molecule has 0 aromatic rings. The number of ether oxygens (including phenoxy) is 1. The van der Waals surface area contributed by atoms with E-state index in [4.69, 9.17) is 4.74 Å². The van der Waals surface area contributed by atoms with Crippen molar-refractivity contribution in [2.24, 2.45) is 5.92 Å². The molecule has 2 aliphatic heterocycles. The molecule has 0 saturated carbocycles. The first-order chi connectivity index (χ1) is 13.6. The first-order valence-corrected chi connectivity index (χ1v) is 12.7. The van der Waals surface area contributed by atoms with E-state index in [1.807, 2.05) is 41.5 Å². The predicted octanol–water partition coefficient (Wildman–Crippen LogP) is 4.72. The van der Waals surface area contributed by atoms with Gasteiger partial charge in [0.15, 0.2) is 0 Å². The fourth-order valence-corrected chi connectivity index (χ4v) is 4.70. The van der Waals surface area contributed by atoms with Crippen molar-refractivity contribution in [3.8, 4) is 11.8 Å². The van der Waals surface area contributed by atoms with Gasteiger partial charge in [0.25, 0.3) is 0 Å². The van der Waals surface area contributed by atoms with E-state index in [0.717, 1.165) is 51.4 Å². The standard InChI is InChI=1S/C19H34N2O2S.2C2H6/c1-4-5-6-15-23-19-9-11-20(12-10-19)16-18-7-13-21(14-8-18)24(22)17(2)3;2*1-2/h17-19H,4,7-16H2,1-3H3;2*1-2H3. The predicted molar refractivity (Wildman–Crippen MR) is 124 cm³/mol. The fraction of sp³-hybridized carbons (Fsp3) is 0.913. The lowest BCUT2D eigenvalue weighted by Gasteiger charge is -2.37. The van der Waals surface area contributed by atoms with Crippen LogP contribution in [0.2, 0.25) is 0 Å². The zero-order chi connectivity index (χ0) is 21.4. The van der Waals surface area contributed by atoms with Crippen molar-refractivity contribution in [3.63, 3.8) is 0 Å². The highest BCUT2D eigenvalue weighted by Gasteiger charge is 2.27. The van der Waals surface area contributed by atoms with E-state index in [0.29, 0.717) is 12.7 Å². The minimum atomic E-state index is -0.798. The summed E-state index contributed by atoms with van der Waals surface area (Å²) in [5, 5.41) is 0.239. The van der Waals surface area contributed by atoms with E-state index in [1.165, 1.54) is 19.4 Å². The summed E-state index contributed by atoms with van der Waals surface area (Å²) in [6.07, 6.45) is 5.92. The number of nitrogens with zero attached hydrogens (tertiary/aromatic N) is 2. The van der Waals surface area contributed by atoms with Gasteiger partial charge in [-0.3, -0.25) is 0 Å². The van der Waals surface area contributed by atoms with Gasteiger partial charge < -0.3 is 9.64 Å². The molecule has 0 N–H and O–H groups in total. The molecule has 0 radical (unpaired) electrons. The van der Waals surface area contributed by atoms with Crippen LogP contribution in [-0.4, -0.2) is 64.1 Å². The number of rotatable bonds is 6. The molecule has 4 nitrogen and oxygen atoms in total. The van der Waals surface area contributed by atoms with Crippen molar-refractivity contribution < 1.29 is 8.95 Å². The molecule has 166 valence electrons. The Morgan fingerprint density at radius 3 is 2.04 bits per heavy atom. The van der Waals surface area contributed by atoms with Crippen molar-refractivity contribution in [2.75, 3.05) is 39.3 Å². The van der Waals surface area contributed by atoms with Gasteiger partial charge in [0.2, 0.25) is 0 Å². The molecule has 1 atom stereocenters. The Balaban J connectivity index is 0.00000171. The summed E-state index contributed by atoms with van der Waals surface area (Å²) < 4.78 is 20.2. The number of piperidine rings is 2. The first-order valence-electron chi connectivity index (χ1n) is 11.6. The van der Waals surface area contributed by atoms with Crippen molar-refractivity contribution >= 4 is 11.0 Å². The van der Waals surface area contributed by atoms with Crippen molar-refractivity contribution in [1.29, 1.82) is 0 Å². The molecule has 2 fully saturated rings. The zero-order valence-corrected chi connectivity index (χ0v) is 20.4. The van der Waals surface area contributed by atoms with Crippen LogP contribution in [0.5, 0.6) is 0 Å². The summed E-state index contributed by atoms with van der Waals surface area (Å²) >= 11 is 0. The Hall–Kier alpha value is -0.410. The summed E-state index contributed by atoms with van der Waals surface area (Å²) in [6, 6.07) is 0. The molecule has 2 saturated heterocycles. The van der Waals surface area contributed by atoms with Gasteiger partial charge in [-0.05, 0) is 45.4 Å². The minimum absolute atomic E-state index is 0.239. The van der Waals surface area contributed by atoms with Gasteiger partial charge in [-0.1, -0.05) is 40.5 Å². The van der Waals surface area contributed by atoms with Crippen molar-refractivity contribution in [2.45, 2.75) is 91.9 Å². The molecular weight excluding hydrogens is 368 g/mol. The SMILES string of the molecule is CC.CC.CCC#CCOC1CCN(CC2CCN(S(=O)C(C)C)CC2)CC1. The van der Waals surface area contributed by atoms with Crippen LogP contribution >= 0.6 is 0 Å². The molecular formula is C23H46N2O2S. The molecule has 28 heavy (non-hydrogen) atoms. The van der Waals surface area contributed by atoms with Gasteiger partial charge in [0, 0.05) is 44.4 Å². The molecule has 2 rings (SSSR count). The topological polar surface area (TPSA) is 32.8 Å². The monoisotopic (exact) mass is 414 g/mol. The van der Waals surface area contributed by atoms with E-state index < -0.39 is 11.0 Å². The molecule has 2 heterocycles. The highest BCUT2D eigenvalue weighted by molar-refractivity contribution is 7.83. The van der Waals surface area contributed by atoms with E-state index in [9.17, 15) is 4.21 Å². The van der Waals surface area contributed by atoms with Crippen LogP contribution in [0, 0.1) is 17.8 Å². The van der Waals surface area contributed by atoms with Gasteiger partial charge in [-0.25, -0.2) is 8.51 Å². The van der Waals surface area contributed by atoms with E-state index in [-0.39, 0.29) is 5.25 Å². The molecule has 2 aliphatic rings. The van der Waals surface area contributed by atoms with E-state index in [1.54, 1.807) is 0 Å². The van der Waals surface area contributed by atoms with E-state index >= 15 is 0 Å². The second-order valence-corrected chi connectivity index (χ2v) is 9.23. The molecule has 0 aromatic heterocycles. The van der Waals surface area contributed by atoms with Crippen molar-refractivity contribution in [1.82, 2.24) is 9.21 Å². The summed E-state index contributed by atoms with van der Waals surface area (Å²) in [4.78, 5) is 2.59. The molecule has 0 amide bonds. The zero-order valence-electron chi connectivity index (χ0n) is 19.6. The lowest BCUT2D eigenvalue weighted by atomic mass is 9.96. The van der Waals surface area contributed by atoms with Crippen LogP contribution in [0.25, 0.3) is 0 Å².